The number of carboxylic acid groups (broad SMARTS) is 2. The molecule has 1 fully saturated rings. The quantitative estimate of drug-likeness (QED) is 0.0991. The maximum absolute atomic E-state index is 13.1. The number of fused-ring (bicyclic) bond motifs is 1. The van der Waals surface area contributed by atoms with Crippen LogP contribution in [0, 0.1) is 0 Å². The van der Waals surface area contributed by atoms with Gasteiger partial charge in [0.1, 0.15) is 17.1 Å². The summed E-state index contributed by atoms with van der Waals surface area (Å²) in [4.78, 5) is 50.0. The molecule has 0 saturated carbocycles. The summed E-state index contributed by atoms with van der Waals surface area (Å²) in [6.07, 6.45) is 0.377. The molecular formula is C23H27N7O7S2. The van der Waals surface area contributed by atoms with Crippen molar-refractivity contribution >= 4 is 47.3 Å². The van der Waals surface area contributed by atoms with Crippen LogP contribution in [0.25, 0.3) is 0 Å². The number of β-lactam (4-membered cyclic amide) rings is 1. The highest BCUT2D eigenvalue weighted by Crippen LogP contribution is 2.44. The first-order valence-corrected chi connectivity index (χ1v) is 14.0. The van der Waals surface area contributed by atoms with Gasteiger partial charge < -0.3 is 26.0 Å². The number of aliphatic carboxylic acids is 2. The molecule has 2 amide bonds. The van der Waals surface area contributed by atoms with Gasteiger partial charge in [-0.3, -0.25) is 19.3 Å². The van der Waals surface area contributed by atoms with E-state index in [1.165, 1.54) is 28.4 Å². The predicted octanol–water partition coefficient (Wildman–Crippen LogP) is -0.0229. The average molecular weight is 578 g/mol. The number of benzene rings is 1. The largest absolute Gasteiger partial charge is 0.480 e. The summed E-state index contributed by atoms with van der Waals surface area (Å²) in [7, 11) is 0. The third kappa shape index (κ3) is 6.76. The molecule has 1 aromatic heterocycles. The van der Waals surface area contributed by atoms with E-state index in [0.29, 0.717) is 47.9 Å². The van der Waals surface area contributed by atoms with E-state index in [9.17, 15) is 29.4 Å². The molecule has 0 aliphatic carbocycles. The number of unbranched alkanes of at least 4 members (excludes halogenated alkanes) is 1. The van der Waals surface area contributed by atoms with Crippen LogP contribution in [0.1, 0.15) is 30.9 Å². The smallest absolute Gasteiger partial charge is 0.352 e. The summed E-state index contributed by atoms with van der Waals surface area (Å²) in [5.41, 5.74) is 0.779. The van der Waals surface area contributed by atoms with Gasteiger partial charge in [-0.2, -0.15) is 0 Å². The fraction of sp³-hybridized carbons (Fsp3) is 0.435. The lowest BCUT2D eigenvalue weighted by molar-refractivity contribution is -0.151. The lowest BCUT2D eigenvalue weighted by Crippen LogP contribution is -2.71. The summed E-state index contributed by atoms with van der Waals surface area (Å²) in [6, 6.07) is 7.33. The Bertz CT molecular complexity index is 1230. The Morgan fingerprint density at radius 3 is 2.64 bits per heavy atom. The minimum atomic E-state index is -1.46. The molecule has 1 saturated heterocycles. The summed E-state index contributed by atoms with van der Waals surface area (Å²) in [5.74, 6) is -3.23. The van der Waals surface area contributed by atoms with Gasteiger partial charge in [0.05, 0.1) is 6.54 Å². The molecule has 16 heteroatoms. The zero-order valence-electron chi connectivity index (χ0n) is 20.5. The number of aromatic nitrogens is 4. The van der Waals surface area contributed by atoms with E-state index in [1.54, 1.807) is 30.3 Å². The van der Waals surface area contributed by atoms with Gasteiger partial charge in [-0.15, -0.1) is 16.9 Å². The number of aliphatic hydroxyl groups excluding tert-OH is 1. The van der Waals surface area contributed by atoms with Crippen molar-refractivity contribution in [2.45, 2.75) is 47.2 Å². The third-order valence-corrected chi connectivity index (χ3v) is 8.68. The fourth-order valence-corrected chi connectivity index (χ4v) is 6.92. The molecule has 3 heterocycles. The van der Waals surface area contributed by atoms with E-state index < -0.39 is 41.3 Å². The minimum Gasteiger partial charge on any atom is -0.480 e. The SMILES string of the molecule is O=C(O)CNCCCCC(Sc1nnn[nH]1)C1=C(C(=O)O)N2C(=O)C(NC(=O)C(O)c3ccccc3)[C@@H]2SC1. The second kappa shape index (κ2) is 13.1. The number of H-pyrrole nitrogens is 1. The molecular weight excluding hydrogens is 550 g/mol. The molecule has 2 aromatic rings. The number of carbonyl (C=O) groups excluding carboxylic acids is 2. The summed E-state index contributed by atoms with van der Waals surface area (Å²) in [5, 5.41) is 47.7. The van der Waals surface area contributed by atoms with E-state index in [-0.39, 0.29) is 17.5 Å². The molecule has 0 spiro atoms. The van der Waals surface area contributed by atoms with Crippen LogP contribution in [0.2, 0.25) is 0 Å². The maximum atomic E-state index is 13.1. The molecule has 2 aliphatic rings. The van der Waals surface area contributed by atoms with Crippen molar-refractivity contribution in [3.63, 3.8) is 0 Å². The Balaban J connectivity index is 1.47. The first kappa shape index (κ1) is 28.5. The number of hydrogen-bond donors (Lipinski definition) is 6. The van der Waals surface area contributed by atoms with Gasteiger partial charge in [-0.25, -0.2) is 9.89 Å². The highest BCUT2D eigenvalue weighted by Gasteiger charge is 2.55. The van der Waals surface area contributed by atoms with Gasteiger partial charge in [0.25, 0.3) is 11.8 Å². The Morgan fingerprint density at radius 2 is 1.97 bits per heavy atom. The van der Waals surface area contributed by atoms with E-state index in [1.807, 2.05) is 0 Å². The van der Waals surface area contributed by atoms with E-state index in [0.717, 1.165) is 0 Å². The zero-order chi connectivity index (χ0) is 27.9. The lowest BCUT2D eigenvalue weighted by Gasteiger charge is -2.50. The number of nitrogens with zero attached hydrogens (tertiary/aromatic N) is 4. The summed E-state index contributed by atoms with van der Waals surface area (Å²) >= 11 is 2.58. The van der Waals surface area contributed by atoms with Crippen LogP contribution < -0.4 is 10.6 Å². The molecule has 3 unspecified atom stereocenters. The third-order valence-electron chi connectivity index (χ3n) is 6.18. The van der Waals surface area contributed by atoms with Crippen LogP contribution in [-0.4, -0.2) is 100 Å². The number of carbonyl (C=O) groups is 4. The first-order valence-electron chi connectivity index (χ1n) is 12.0. The number of aliphatic hydroxyl groups is 1. The van der Waals surface area contributed by atoms with Crippen molar-refractivity contribution < 1.29 is 34.5 Å². The van der Waals surface area contributed by atoms with E-state index >= 15 is 0 Å². The van der Waals surface area contributed by atoms with Crippen molar-refractivity contribution in [3.05, 3.63) is 47.2 Å². The Labute approximate surface area is 231 Å². The molecule has 208 valence electrons. The lowest BCUT2D eigenvalue weighted by atomic mass is 9.99. The topological polar surface area (TPSA) is 211 Å². The van der Waals surface area contributed by atoms with Crippen LogP contribution in [0.15, 0.2) is 46.8 Å². The van der Waals surface area contributed by atoms with Gasteiger partial charge in [0.15, 0.2) is 6.10 Å². The van der Waals surface area contributed by atoms with E-state index in [4.69, 9.17) is 5.11 Å². The predicted molar refractivity (Wildman–Crippen MR) is 139 cm³/mol. The second-order valence-corrected chi connectivity index (χ2v) is 11.1. The van der Waals surface area contributed by atoms with Gasteiger partial charge in [0, 0.05) is 11.0 Å². The molecule has 0 bridgehead atoms. The molecule has 39 heavy (non-hydrogen) atoms. The van der Waals surface area contributed by atoms with Crippen molar-refractivity contribution in [1.82, 2.24) is 36.2 Å². The van der Waals surface area contributed by atoms with Gasteiger partial charge >= 0.3 is 11.9 Å². The number of rotatable bonds is 14. The van der Waals surface area contributed by atoms with Crippen LogP contribution in [0.4, 0.5) is 0 Å². The van der Waals surface area contributed by atoms with Crippen LogP contribution >= 0.6 is 23.5 Å². The highest BCUT2D eigenvalue weighted by molar-refractivity contribution is 8.01. The molecule has 1 aromatic carbocycles. The number of hydrogen-bond acceptors (Lipinski definition) is 11. The normalized spacial score (nSPS) is 20.1. The molecule has 4 atom stereocenters. The summed E-state index contributed by atoms with van der Waals surface area (Å²) < 4.78 is 0. The molecule has 2 aliphatic heterocycles. The van der Waals surface area contributed by atoms with Crippen molar-refractivity contribution in [2.75, 3.05) is 18.8 Å². The molecule has 14 nitrogen and oxygen atoms in total. The molecule has 6 N–H and O–H groups in total. The van der Waals surface area contributed by atoms with Gasteiger partial charge in [0.2, 0.25) is 5.16 Å². The number of amides is 2. The van der Waals surface area contributed by atoms with E-state index in [2.05, 4.69) is 31.3 Å². The minimum absolute atomic E-state index is 0.133. The van der Waals surface area contributed by atoms with Crippen molar-refractivity contribution in [2.24, 2.45) is 0 Å². The Kier molecular flexibility index (Phi) is 9.55. The number of thioether (sulfide) groups is 2. The standard InChI is InChI=1S/C23H27N7O7S2/c31-15(32)10-24-9-5-4-8-14(39-23-26-28-29-27-23)13-11-38-21-16(20(35)30(21)17(13)22(36)37)25-19(34)18(33)12-6-2-1-3-7-12/h1-3,6-7,14,16,18,21,24,33H,4-5,8-11H2,(H,25,34)(H,31,32)(H,36,37)(H,26,27,28,29)/t14?,16?,18?,21-/m0/s1. The van der Waals surface area contributed by atoms with Gasteiger partial charge in [-0.05, 0) is 40.9 Å². The van der Waals surface area contributed by atoms with Crippen LogP contribution in [0.5, 0.6) is 0 Å². The zero-order valence-corrected chi connectivity index (χ0v) is 22.2. The number of nitrogens with one attached hydrogen (secondary N) is 3. The monoisotopic (exact) mass is 577 g/mol. The molecule has 0 radical (unpaired) electrons. The van der Waals surface area contributed by atoms with Crippen LogP contribution in [0.3, 0.4) is 0 Å². The Morgan fingerprint density at radius 1 is 1.21 bits per heavy atom. The highest BCUT2D eigenvalue weighted by atomic mass is 32.2. The first-order chi connectivity index (χ1) is 18.8. The van der Waals surface area contributed by atoms with Crippen molar-refractivity contribution in [3.8, 4) is 0 Å². The fourth-order valence-electron chi connectivity index (χ4n) is 4.32. The Hall–Kier alpha value is -3.47. The average Bonchev–Trinajstić information content (AvgIpc) is 3.45. The van der Waals surface area contributed by atoms with Gasteiger partial charge in [-0.1, -0.05) is 48.5 Å². The number of aromatic amines is 1. The second-order valence-electron chi connectivity index (χ2n) is 8.77. The maximum Gasteiger partial charge on any atom is 0.352 e. The summed E-state index contributed by atoms with van der Waals surface area (Å²) in [6.45, 7) is 0.335. The molecule has 4 rings (SSSR count). The van der Waals surface area contributed by atoms with Crippen LogP contribution in [-0.2, 0) is 19.2 Å². The number of tetrazole rings is 1. The van der Waals surface area contributed by atoms with Crippen molar-refractivity contribution in [1.29, 1.82) is 0 Å². The number of carboxylic acids is 2.